The molecule has 1 unspecified atom stereocenters. The van der Waals surface area contributed by atoms with Crippen LogP contribution in [0.3, 0.4) is 0 Å². The maximum Gasteiger partial charge on any atom is 0.287 e. The van der Waals surface area contributed by atoms with Crippen molar-refractivity contribution < 1.29 is 4.57 Å². The summed E-state index contributed by atoms with van der Waals surface area (Å²) in [5.74, 6) is 0. The minimum atomic E-state index is -1.84. The summed E-state index contributed by atoms with van der Waals surface area (Å²) in [7, 11) is -0.175. The van der Waals surface area contributed by atoms with Crippen molar-refractivity contribution in [1.82, 2.24) is 4.98 Å². The van der Waals surface area contributed by atoms with Crippen molar-refractivity contribution in [2.75, 3.05) is 6.66 Å². The predicted molar refractivity (Wildman–Crippen MR) is 146 cm³/mol. The summed E-state index contributed by atoms with van der Waals surface area (Å²) >= 11 is 0. The van der Waals surface area contributed by atoms with Crippen LogP contribution in [-0.4, -0.2) is 19.7 Å². The summed E-state index contributed by atoms with van der Waals surface area (Å²) in [6, 6.07) is 27.2. The molecule has 1 aliphatic rings. The van der Waals surface area contributed by atoms with Crippen LogP contribution in [0.4, 0.5) is 0 Å². The standard InChI is InChI=1S/C29H28N2PSi/c1-19-23-14-10-9-11-20(23)15-25-27(19)29-28-24(30-18-31(29)2)16-22(17-26(28)32(25)3)33(4,5)21-12-7-6-8-13-21/h6-18H,1-5H3/q+1. The minimum absolute atomic E-state index is 0.478. The van der Waals surface area contributed by atoms with Crippen LogP contribution in [-0.2, 0) is 7.05 Å². The van der Waals surface area contributed by atoms with E-state index in [1.165, 1.54) is 54.0 Å². The molecule has 162 valence electrons. The second-order valence-electron chi connectivity index (χ2n) is 9.76. The third-order valence-corrected chi connectivity index (χ3v) is 13.2. The zero-order valence-electron chi connectivity index (χ0n) is 19.8. The van der Waals surface area contributed by atoms with Gasteiger partial charge in [0.05, 0.1) is 12.4 Å². The first kappa shape index (κ1) is 20.7. The third kappa shape index (κ3) is 2.96. The number of hydrogen-bond acceptors (Lipinski definition) is 1. The molecule has 2 heterocycles. The van der Waals surface area contributed by atoms with Crippen LogP contribution >= 0.6 is 7.92 Å². The van der Waals surface area contributed by atoms with Gasteiger partial charge in [0.15, 0.2) is 5.52 Å². The number of fused-ring (bicyclic) bond motifs is 3. The van der Waals surface area contributed by atoms with Crippen molar-refractivity contribution in [1.29, 1.82) is 0 Å². The lowest BCUT2D eigenvalue weighted by molar-refractivity contribution is -0.662. The van der Waals surface area contributed by atoms with Gasteiger partial charge in [-0.3, -0.25) is 0 Å². The topological polar surface area (TPSA) is 16.8 Å². The molecule has 0 amide bonds. The lowest BCUT2D eigenvalue weighted by Crippen LogP contribution is -2.53. The Labute approximate surface area is 197 Å². The van der Waals surface area contributed by atoms with Gasteiger partial charge in [-0.25, -0.2) is 4.57 Å². The lowest BCUT2D eigenvalue weighted by Gasteiger charge is -2.30. The zero-order chi connectivity index (χ0) is 22.9. The van der Waals surface area contributed by atoms with E-state index < -0.39 is 16.0 Å². The molecule has 0 bridgehead atoms. The van der Waals surface area contributed by atoms with E-state index >= 15 is 0 Å². The second kappa shape index (κ2) is 7.31. The Bertz CT molecular complexity index is 1570. The lowest BCUT2D eigenvalue weighted by atomic mass is 9.95. The Morgan fingerprint density at radius 1 is 0.848 bits per heavy atom. The normalized spacial score (nSPS) is 15.1. The quantitative estimate of drug-likeness (QED) is 0.216. The van der Waals surface area contributed by atoms with E-state index in [-0.39, 0.29) is 0 Å². The molecule has 1 aromatic heterocycles. The predicted octanol–water partition coefficient (Wildman–Crippen LogP) is 4.39. The van der Waals surface area contributed by atoms with Gasteiger partial charge in [-0.05, 0) is 70.8 Å². The summed E-state index contributed by atoms with van der Waals surface area (Å²) < 4.78 is 2.23. The Hall–Kier alpha value is -2.87. The maximum atomic E-state index is 4.95. The molecule has 0 saturated carbocycles. The summed E-state index contributed by atoms with van der Waals surface area (Å²) in [5.41, 5.74) is 5.26. The van der Waals surface area contributed by atoms with Crippen LogP contribution in [0.5, 0.6) is 0 Å². The smallest absolute Gasteiger partial charge is 0.232 e. The van der Waals surface area contributed by atoms with Crippen LogP contribution < -0.4 is 25.5 Å². The Kier molecular flexibility index (Phi) is 4.59. The van der Waals surface area contributed by atoms with E-state index in [9.17, 15) is 0 Å². The molecule has 5 aromatic rings. The van der Waals surface area contributed by atoms with E-state index in [1.807, 2.05) is 6.33 Å². The number of rotatable bonds is 2. The van der Waals surface area contributed by atoms with E-state index in [4.69, 9.17) is 4.98 Å². The monoisotopic (exact) mass is 463 g/mol. The van der Waals surface area contributed by atoms with Gasteiger partial charge in [0.1, 0.15) is 13.8 Å². The van der Waals surface area contributed by atoms with E-state index in [0.29, 0.717) is 0 Å². The molecule has 0 saturated heterocycles. The van der Waals surface area contributed by atoms with Gasteiger partial charge < -0.3 is 0 Å². The molecule has 1 aliphatic heterocycles. The average Bonchev–Trinajstić information content (AvgIpc) is 2.83. The molecule has 4 aromatic carbocycles. The molecule has 0 N–H and O–H groups in total. The number of benzene rings is 4. The van der Waals surface area contributed by atoms with Gasteiger partial charge in [-0.1, -0.05) is 78.9 Å². The SMILES string of the molecule is Cc1c2c(cc3ccccc13)P(C)c1cc([Si](C)(C)c3ccccc3)cc3nc[n+](C)c-2c13. The van der Waals surface area contributed by atoms with Crippen molar-refractivity contribution >= 4 is 58.7 Å². The first-order chi connectivity index (χ1) is 15.9. The molecule has 2 nitrogen and oxygen atoms in total. The molecule has 4 heteroatoms. The molecule has 6 rings (SSSR count). The van der Waals surface area contributed by atoms with Gasteiger partial charge in [0.2, 0.25) is 0 Å². The number of aromatic nitrogens is 2. The van der Waals surface area contributed by atoms with E-state index in [2.05, 4.69) is 111 Å². The molecule has 0 aliphatic carbocycles. The van der Waals surface area contributed by atoms with Crippen LogP contribution in [0.15, 0.2) is 79.1 Å². The Morgan fingerprint density at radius 3 is 2.36 bits per heavy atom. The highest BCUT2D eigenvalue weighted by molar-refractivity contribution is 7.73. The Balaban J connectivity index is 1.70. The molecule has 33 heavy (non-hydrogen) atoms. The minimum Gasteiger partial charge on any atom is -0.232 e. The summed E-state index contributed by atoms with van der Waals surface area (Å²) in [5, 5.41) is 9.96. The van der Waals surface area contributed by atoms with E-state index in [0.717, 1.165) is 5.52 Å². The van der Waals surface area contributed by atoms with Gasteiger partial charge in [0.25, 0.3) is 6.33 Å². The molecule has 0 fully saturated rings. The fourth-order valence-electron chi connectivity index (χ4n) is 5.49. The molecular weight excluding hydrogens is 435 g/mol. The zero-order valence-corrected chi connectivity index (χ0v) is 21.7. The highest BCUT2D eigenvalue weighted by atomic mass is 31.1. The molecule has 0 spiro atoms. The third-order valence-electron chi connectivity index (χ3n) is 7.52. The molecule has 0 radical (unpaired) electrons. The largest absolute Gasteiger partial charge is 0.287 e. The van der Waals surface area contributed by atoms with Crippen LogP contribution in [0, 0.1) is 6.92 Å². The molecule has 1 atom stereocenters. The summed E-state index contributed by atoms with van der Waals surface area (Å²) in [6.07, 6.45) is 2.00. The van der Waals surface area contributed by atoms with Gasteiger partial charge >= 0.3 is 0 Å². The fraction of sp³-hybridized carbons (Fsp3) is 0.172. The molecular formula is C29H28N2PSi+. The van der Waals surface area contributed by atoms with Crippen molar-refractivity contribution in [3.8, 4) is 11.3 Å². The van der Waals surface area contributed by atoms with Crippen molar-refractivity contribution in [2.45, 2.75) is 20.0 Å². The first-order valence-corrected chi connectivity index (χ1v) is 16.3. The summed E-state index contributed by atoms with van der Waals surface area (Å²) in [6.45, 7) is 9.66. The number of nitrogens with zero attached hydrogens (tertiary/aromatic N) is 2. The average molecular weight is 464 g/mol. The van der Waals surface area contributed by atoms with Gasteiger partial charge in [-0.15, -0.1) is 0 Å². The number of aryl methyl sites for hydroxylation is 2. The van der Waals surface area contributed by atoms with Crippen LogP contribution in [0.2, 0.25) is 13.1 Å². The first-order valence-electron chi connectivity index (χ1n) is 11.5. The summed E-state index contributed by atoms with van der Waals surface area (Å²) in [4.78, 5) is 4.95. The number of hydrogen-bond donors (Lipinski definition) is 0. The van der Waals surface area contributed by atoms with Crippen molar-refractivity contribution in [3.63, 3.8) is 0 Å². The highest BCUT2D eigenvalue weighted by Gasteiger charge is 2.35. The van der Waals surface area contributed by atoms with E-state index in [1.54, 1.807) is 0 Å². The highest BCUT2D eigenvalue weighted by Crippen LogP contribution is 2.44. The van der Waals surface area contributed by atoms with Crippen molar-refractivity contribution in [2.24, 2.45) is 7.05 Å². The fourth-order valence-corrected chi connectivity index (χ4v) is 10.1. The second-order valence-corrected chi connectivity index (χ2v) is 16.2. The van der Waals surface area contributed by atoms with Crippen molar-refractivity contribution in [3.05, 3.63) is 84.7 Å². The van der Waals surface area contributed by atoms with Crippen LogP contribution in [0.25, 0.3) is 32.9 Å². The van der Waals surface area contributed by atoms with Crippen LogP contribution in [0.1, 0.15) is 5.56 Å². The van der Waals surface area contributed by atoms with Gasteiger partial charge in [0, 0.05) is 5.56 Å². The Morgan fingerprint density at radius 2 is 1.58 bits per heavy atom. The maximum absolute atomic E-state index is 4.95. The van der Waals surface area contributed by atoms with Gasteiger partial charge in [-0.2, -0.15) is 0 Å².